The highest BCUT2D eigenvalue weighted by atomic mass is 16.5. The number of hydrogen-bond donors (Lipinski definition) is 0. The van der Waals surface area contributed by atoms with Gasteiger partial charge in [0.2, 0.25) is 5.91 Å². The van der Waals surface area contributed by atoms with Gasteiger partial charge in [-0.25, -0.2) is 4.79 Å². The summed E-state index contributed by atoms with van der Waals surface area (Å²) in [5.74, 6) is -0.590. The van der Waals surface area contributed by atoms with Gasteiger partial charge in [0.1, 0.15) is 5.69 Å². The van der Waals surface area contributed by atoms with Crippen molar-refractivity contribution < 1.29 is 19.1 Å². The number of rotatable bonds is 9. The third-order valence-electron chi connectivity index (χ3n) is 4.73. The zero-order valence-electron chi connectivity index (χ0n) is 17.1. The van der Waals surface area contributed by atoms with E-state index < -0.39 is 12.0 Å². The lowest BCUT2D eigenvalue weighted by molar-refractivity contribution is -0.132. The molecule has 26 heavy (non-hydrogen) atoms. The first-order valence-corrected chi connectivity index (χ1v) is 9.46. The SMILES string of the molecule is CCCN(C(=O)CC)C(C)C(=O)c1c(C)c(C(=O)OCC)n(CC)c1C. The minimum atomic E-state index is -0.567. The Morgan fingerprint density at radius 3 is 2.19 bits per heavy atom. The molecular formula is C20H32N2O4. The van der Waals surface area contributed by atoms with Gasteiger partial charge in [-0.05, 0) is 46.6 Å². The molecule has 1 amide bonds. The molecular weight excluding hydrogens is 332 g/mol. The molecule has 0 aromatic carbocycles. The second-order valence-electron chi connectivity index (χ2n) is 6.38. The van der Waals surface area contributed by atoms with Gasteiger partial charge in [-0.2, -0.15) is 0 Å². The smallest absolute Gasteiger partial charge is 0.355 e. The lowest BCUT2D eigenvalue weighted by Gasteiger charge is -2.28. The maximum atomic E-state index is 13.2. The normalized spacial score (nSPS) is 12.0. The van der Waals surface area contributed by atoms with E-state index in [2.05, 4.69) is 0 Å². The molecule has 1 aromatic rings. The van der Waals surface area contributed by atoms with E-state index in [0.717, 1.165) is 12.1 Å². The Morgan fingerprint density at radius 1 is 1.12 bits per heavy atom. The number of ether oxygens (including phenoxy) is 1. The van der Waals surface area contributed by atoms with Crippen molar-refractivity contribution >= 4 is 17.7 Å². The summed E-state index contributed by atoms with van der Waals surface area (Å²) in [6, 6.07) is -0.567. The van der Waals surface area contributed by atoms with Gasteiger partial charge >= 0.3 is 5.97 Å². The van der Waals surface area contributed by atoms with Crippen LogP contribution in [-0.2, 0) is 16.1 Å². The van der Waals surface area contributed by atoms with Crippen LogP contribution in [0.1, 0.15) is 79.6 Å². The topological polar surface area (TPSA) is 68.6 Å². The molecule has 1 rings (SSSR count). The standard InChI is InChI=1S/C20H32N2O4/c1-8-12-22(16(23)9-2)15(7)19(24)17-13(5)18(20(25)26-11-4)21(10-3)14(17)6/h15H,8-12H2,1-7H3. The molecule has 6 heteroatoms. The van der Waals surface area contributed by atoms with Gasteiger partial charge in [-0.1, -0.05) is 13.8 Å². The van der Waals surface area contributed by atoms with Gasteiger partial charge in [0.25, 0.3) is 0 Å². The molecule has 0 saturated carbocycles. The lowest BCUT2D eigenvalue weighted by atomic mass is 9.99. The second kappa shape index (κ2) is 9.55. The highest BCUT2D eigenvalue weighted by molar-refractivity contribution is 6.06. The minimum absolute atomic E-state index is 0.0384. The number of aromatic nitrogens is 1. The molecule has 0 saturated heterocycles. The number of ketones is 1. The van der Waals surface area contributed by atoms with Crippen molar-refractivity contribution in [1.29, 1.82) is 0 Å². The van der Waals surface area contributed by atoms with Crippen molar-refractivity contribution in [2.45, 2.75) is 73.9 Å². The van der Waals surface area contributed by atoms with Crippen LogP contribution < -0.4 is 0 Å². The van der Waals surface area contributed by atoms with Crippen LogP contribution in [0, 0.1) is 13.8 Å². The Labute approximate surface area is 156 Å². The van der Waals surface area contributed by atoms with Gasteiger partial charge < -0.3 is 14.2 Å². The van der Waals surface area contributed by atoms with E-state index in [9.17, 15) is 14.4 Å². The molecule has 0 spiro atoms. The molecule has 1 heterocycles. The number of nitrogens with zero attached hydrogens (tertiary/aromatic N) is 2. The summed E-state index contributed by atoms with van der Waals surface area (Å²) in [4.78, 5) is 39.5. The fraction of sp³-hybridized carbons (Fsp3) is 0.650. The van der Waals surface area contributed by atoms with Crippen molar-refractivity contribution in [2.24, 2.45) is 0 Å². The third kappa shape index (κ3) is 4.17. The van der Waals surface area contributed by atoms with E-state index in [-0.39, 0.29) is 18.3 Å². The lowest BCUT2D eigenvalue weighted by Crippen LogP contribution is -2.43. The van der Waals surface area contributed by atoms with Crippen LogP contribution in [0.3, 0.4) is 0 Å². The first-order chi connectivity index (χ1) is 12.3. The maximum absolute atomic E-state index is 13.2. The number of Topliss-reactive ketones (excluding diaryl/α,β-unsaturated/α-hetero) is 1. The average molecular weight is 364 g/mol. The van der Waals surface area contributed by atoms with Crippen LogP contribution in [0.4, 0.5) is 0 Å². The fourth-order valence-corrected chi connectivity index (χ4v) is 3.44. The number of carbonyl (C=O) groups is 3. The second-order valence-corrected chi connectivity index (χ2v) is 6.38. The molecule has 146 valence electrons. The van der Waals surface area contributed by atoms with Crippen LogP contribution in [0.2, 0.25) is 0 Å². The van der Waals surface area contributed by atoms with Crippen molar-refractivity contribution in [3.05, 3.63) is 22.5 Å². The fourth-order valence-electron chi connectivity index (χ4n) is 3.44. The van der Waals surface area contributed by atoms with Gasteiger partial charge in [-0.3, -0.25) is 9.59 Å². The highest BCUT2D eigenvalue weighted by Gasteiger charge is 2.32. The maximum Gasteiger partial charge on any atom is 0.355 e. The van der Waals surface area contributed by atoms with Crippen molar-refractivity contribution in [1.82, 2.24) is 9.47 Å². The zero-order valence-corrected chi connectivity index (χ0v) is 17.1. The van der Waals surface area contributed by atoms with Crippen LogP contribution in [-0.4, -0.2) is 46.3 Å². The molecule has 0 fully saturated rings. The van der Waals surface area contributed by atoms with Crippen LogP contribution in [0.15, 0.2) is 0 Å². The molecule has 0 aliphatic heterocycles. The van der Waals surface area contributed by atoms with Crippen molar-refractivity contribution in [2.75, 3.05) is 13.2 Å². The van der Waals surface area contributed by atoms with E-state index in [1.807, 2.05) is 25.3 Å². The number of esters is 1. The van der Waals surface area contributed by atoms with E-state index in [0.29, 0.717) is 36.3 Å². The average Bonchev–Trinajstić information content (AvgIpc) is 2.87. The molecule has 0 aliphatic carbocycles. The van der Waals surface area contributed by atoms with E-state index in [1.54, 1.807) is 32.6 Å². The molecule has 0 radical (unpaired) electrons. The Balaban J connectivity index is 3.39. The monoisotopic (exact) mass is 364 g/mol. The summed E-state index contributed by atoms with van der Waals surface area (Å²) >= 11 is 0. The highest BCUT2D eigenvalue weighted by Crippen LogP contribution is 2.26. The summed E-state index contributed by atoms with van der Waals surface area (Å²) in [6.45, 7) is 14.2. The van der Waals surface area contributed by atoms with Gasteiger partial charge in [0.05, 0.1) is 12.6 Å². The minimum Gasteiger partial charge on any atom is -0.461 e. The molecule has 0 N–H and O–H groups in total. The predicted octanol–water partition coefficient (Wildman–Crippen LogP) is 3.52. The Morgan fingerprint density at radius 2 is 1.73 bits per heavy atom. The summed E-state index contributed by atoms with van der Waals surface area (Å²) in [6.07, 6.45) is 1.14. The van der Waals surface area contributed by atoms with Gasteiger partial charge in [0.15, 0.2) is 5.78 Å². The van der Waals surface area contributed by atoms with Gasteiger partial charge in [-0.15, -0.1) is 0 Å². The van der Waals surface area contributed by atoms with Crippen LogP contribution in [0.25, 0.3) is 0 Å². The molecule has 0 bridgehead atoms. The van der Waals surface area contributed by atoms with Gasteiger partial charge in [0, 0.05) is 30.8 Å². The number of carbonyl (C=O) groups excluding carboxylic acids is 3. The van der Waals surface area contributed by atoms with E-state index >= 15 is 0 Å². The Hall–Kier alpha value is -2.11. The Kier molecular flexibility index (Phi) is 8.06. The molecule has 1 unspecified atom stereocenters. The molecule has 1 aromatic heterocycles. The first-order valence-electron chi connectivity index (χ1n) is 9.46. The number of hydrogen-bond acceptors (Lipinski definition) is 4. The van der Waals surface area contributed by atoms with Crippen LogP contribution >= 0.6 is 0 Å². The summed E-state index contributed by atoms with van der Waals surface area (Å²) in [5.41, 5.74) is 2.31. The number of amides is 1. The quantitative estimate of drug-likeness (QED) is 0.497. The van der Waals surface area contributed by atoms with Crippen molar-refractivity contribution in [3.8, 4) is 0 Å². The first kappa shape index (κ1) is 21.9. The van der Waals surface area contributed by atoms with Crippen molar-refractivity contribution in [3.63, 3.8) is 0 Å². The molecule has 6 nitrogen and oxygen atoms in total. The summed E-state index contributed by atoms with van der Waals surface area (Å²) < 4.78 is 6.98. The summed E-state index contributed by atoms with van der Waals surface area (Å²) in [7, 11) is 0. The molecule has 0 aliphatic rings. The summed E-state index contributed by atoms with van der Waals surface area (Å²) in [5, 5.41) is 0. The predicted molar refractivity (Wildman–Crippen MR) is 102 cm³/mol. The third-order valence-corrected chi connectivity index (χ3v) is 4.73. The molecule has 1 atom stereocenters. The largest absolute Gasteiger partial charge is 0.461 e. The zero-order chi connectivity index (χ0) is 20.0. The van der Waals surface area contributed by atoms with E-state index in [4.69, 9.17) is 4.74 Å². The van der Waals surface area contributed by atoms with E-state index in [1.165, 1.54) is 0 Å². The van der Waals surface area contributed by atoms with Crippen LogP contribution in [0.5, 0.6) is 0 Å². The Bertz CT molecular complexity index is 676.